The summed E-state index contributed by atoms with van der Waals surface area (Å²) in [5.41, 5.74) is 2.68. The lowest BCUT2D eigenvalue weighted by atomic mass is 10.2. The Bertz CT molecular complexity index is 1010. The van der Waals surface area contributed by atoms with Crippen LogP contribution in [-0.4, -0.2) is 17.0 Å². The van der Waals surface area contributed by atoms with Crippen molar-refractivity contribution in [1.82, 2.24) is 3.96 Å². The maximum Gasteiger partial charge on any atom is 0.223 e. The summed E-state index contributed by atoms with van der Waals surface area (Å²) in [7, 11) is 1.59. The molecule has 26 heavy (non-hydrogen) atoms. The second kappa shape index (κ2) is 7.53. The fourth-order valence-electron chi connectivity index (χ4n) is 2.42. The SMILES string of the molecule is COc1ccc(C)cc1N=C(Nc1ccc(F)cc1)n1sc(C)cc1=N. The molecule has 2 N–H and O–H groups in total. The number of anilines is 1. The molecule has 0 radical (unpaired) electrons. The van der Waals surface area contributed by atoms with Gasteiger partial charge in [-0.05, 0) is 61.9 Å². The molecule has 0 aliphatic rings. The molecule has 0 amide bonds. The molecule has 0 unspecified atom stereocenters. The summed E-state index contributed by atoms with van der Waals surface area (Å²) in [5.74, 6) is 0.771. The number of hydrogen-bond acceptors (Lipinski definition) is 4. The van der Waals surface area contributed by atoms with Gasteiger partial charge in [-0.15, -0.1) is 0 Å². The van der Waals surface area contributed by atoms with E-state index in [-0.39, 0.29) is 5.82 Å². The highest BCUT2D eigenvalue weighted by atomic mass is 32.1. The standard InChI is InChI=1S/C19H19FN4OS/c1-12-4-9-17(25-3)16(10-12)23-19(24-18(21)11-13(2)26-24)22-15-7-5-14(20)6-8-15/h4-11,21H,1-3H3,(H,22,23). The lowest BCUT2D eigenvalue weighted by molar-refractivity contribution is 0.416. The first-order valence-corrected chi connectivity index (χ1v) is 8.74. The smallest absolute Gasteiger partial charge is 0.223 e. The molecule has 5 nitrogen and oxygen atoms in total. The fourth-order valence-corrected chi connectivity index (χ4v) is 3.19. The van der Waals surface area contributed by atoms with Crippen molar-refractivity contribution in [2.75, 3.05) is 12.4 Å². The predicted molar refractivity (Wildman–Crippen MR) is 103 cm³/mol. The van der Waals surface area contributed by atoms with Gasteiger partial charge in [0.25, 0.3) is 0 Å². The van der Waals surface area contributed by atoms with E-state index in [1.807, 2.05) is 32.0 Å². The lowest BCUT2D eigenvalue weighted by Gasteiger charge is -2.12. The largest absolute Gasteiger partial charge is 0.494 e. The molecule has 0 aliphatic heterocycles. The number of methoxy groups -OCH3 is 1. The van der Waals surface area contributed by atoms with Crippen LogP contribution in [0.25, 0.3) is 0 Å². The summed E-state index contributed by atoms with van der Waals surface area (Å²) in [5, 5.41) is 11.4. The van der Waals surface area contributed by atoms with Gasteiger partial charge in [0, 0.05) is 10.6 Å². The van der Waals surface area contributed by atoms with Gasteiger partial charge in [-0.2, -0.15) is 0 Å². The molecule has 1 heterocycles. The molecule has 0 fully saturated rings. The molecule has 3 aromatic rings. The average molecular weight is 370 g/mol. The van der Waals surface area contributed by atoms with Crippen LogP contribution in [0.1, 0.15) is 10.4 Å². The molecule has 0 saturated heterocycles. The van der Waals surface area contributed by atoms with Gasteiger partial charge < -0.3 is 10.1 Å². The highest BCUT2D eigenvalue weighted by molar-refractivity contribution is 7.07. The van der Waals surface area contributed by atoms with Crippen molar-refractivity contribution in [2.24, 2.45) is 4.99 Å². The molecule has 0 bridgehead atoms. The molecule has 3 rings (SSSR count). The van der Waals surface area contributed by atoms with Crippen LogP contribution in [0.15, 0.2) is 53.5 Å². The molecule has 7 heteroatoms. The van der Waals surface area contributed by atoms with Gasteiger partial charge in [-0.3, -0.25) is 5.41 Å². The Balaban J connectivity index is 2.11. The number of nitrogens with one attached hydrogen (secondary N) is 2. The summed E-state index contributed by atoms with van der Waals surface area (Å²) < 4.78 is 20.3. The monoisotopic (exact) mass is 370 g/mol. The number of benzene rings is 2. The van der Waals surface area contributed by atoms with E-state index in [1.165, 1.54) is 23.7 Å². The van der Waals surface area contributed by atoms with Crippen molar-refractivity contribution in [3.8, 4) is 5.75 Å². The quantitative estimate of drug-likeness (QED) is 0.529. The summed E-state index contributed by atoms with van der Waals surface area (Å²) in [6, 6.07) is 13.5. The van der Waals surface area contributed by atoms with Crippen LogP contribution in [0.2, 0.25) is 0 Å². The Kier molecular flexibility index (Phi) is 5.18. The zero-order chi connectivity index (χ0) is 18.7. The Morgan fingerprint density at radius 2 is 1.88 bits per heavy atom. The van der Waals surface area contributed by atoms with E-state index >= 15 is 0 Å². The van der Waals surface area contributed by atoms with Gasteiger partial charge in [0.2, 0.25) is 5.96 Å². The average Bonchev–Trinajstić information content (AvgIpc) is 2.95. The molecule has 2 aromatic carbocycles. The minimum atomic E-state index is -0.310. The number of aryl methyl sites for hydroxylation is 2. The number of halogens is 1. The summed E-state index contributed by atoms with van der Waals surface area (Å²) >= 11 is 1.40. The van der Waals surface area contributed by atoms with Crippen LogP contribution in [-0.2, 0) is 0 Å². The zero-order valence-electron chi connectivity index (χ0n) is 14.7. The van der Waals surface area contributed by atoms with Crippen LogP contribution in [0.3, 0.4) is 0 Å². The minimum absolute atomic E-state index is 0.310. The van der Waals surface area contributed by atoms with Gasteiger partial charge in [0.15, 0.2) is 0 Å². The van der Waals surface area contributed by atoms with E-state index in [2.05, 4.69) is 5.32 Å². The molecule has 134 valence electrons. The van der Waals surface area contributed by atoms with Crippen molar-refractivity contribution < 1.29 is 9.13 Å². The Hall–Kier alpha value is -2.93. The third kappa shape index (κ3) is 4.00. The Morgan fingerprint density at radius 3 is 2.50 bits per heavy atom. The highest BCUT2D eigenvalue weighted by Gasteiger charge is 2.10. The zero-order valence-corrected chi connectivity index (χ0v) is 15.5. The highest BCUT2D eigenvalue weighted by Crippen LogP contribution is 2.28. The van der Waals surface area contributed by atoms with E-state index in [0.29, 0.717) is 28.6 Å². The molecular weight excluding hydrogens is 351 g/mol. The van der Waals surface area contributed by atoms with Gasteiger partial charge in [-0.25, -0.2) is 13.3 Å². The van der Waals surface area contributed by atoms with Crippen molar-refractivity contribution in [2.45, 2.75) is 13.8 Å². The van der Waals surface area contributed by atoms with E-state index in [1.54, 1.807) is 29.3 Å². The molecule has 1 aromatic heterocycles. The molecular formula is C19H19FN4OS. The minimum Gasteiger partial charge on any atom is -0.494 e. The number of aliphatic imine (C=N–C) groups is 1. The molecule has 0 saturated carbocycles. The number of hydrogen-bond donors (Lipinski definition) is 2. The van der Waals surface area contributed by atoms with E-state index in [0.717, 1.165) is 10.4 Å². The third-order valence-electron chi connectivity index (χ3n) is 3.65. The predicted octanol–water partition coefficient (Wildman–Crippen LogP) is 4.44. The van der Waals surface area contributed by atoms with Crippen LogP contribution in [0.4, 0.5) is 15.8 Å². The molecule has 0 atom stereocenters. The molecule has 0 aliphatic carbocycles. The van der Waals surface area contributed by atoms with Crippen LogP contribution in [0.5, 0.6) is 5.75 Å². The van der Waals surface area contributed by atoms with Gasteiger partial charge >= 0.3 is 0 Å². The number of rotatable bonds is 3. The Labute approximate surface area is 155 Å². The van der Waals surface area contributed by atoms with Crippen LogP contribution < -0.4 is 15.5 Å². The van der Waals surface area contributed by atoms with Crippen molar-refractivity contribution >= 4 is 28.9 Å². The van der Waals surface area contributed by atoms with E-state index in [4.69, 9.17) is 15.1 Å². The number of nitrogens with zero attached hydrogens (tertiary/aromatic N) is 2. The van der Waals surface area contributed by atoms with Crippen molar-refractivity contribution in [3.63, 3.8) is 0 Å². The van der Waals surface area contributed by atoms with E-state index < -0.39 is 0 Å². The second-order valence-corrected chi connectivity index (χ2v) is 6.96. The van der Waals surface area contributed by atoms with Crippen molar-refractivity contribution in [3.05, 3.63) is 70.3 Å². The van der Waals surface area contributed by atoms with Crippen LogP contribution in [0, 0.1) is 25.1 Å². The van der Waals surface area contributed by atoms with Gasteiger partial charge in [0.1, 0.15) is 22.7 Å². The maximum absolute atomic E-state index is 13.2. The lowest BCUT2D eigenvalue weighted by Crippen LogP contribution is -2.28. The fraction of sp³-hybridized carbons (Fsp3) is 0.158. The summed E-state index contributed by atoms with van der Waals surface area (Å²) in [6.45, 7) is 3.91. The van der Waals surface area contributed by atoms with E-state index in [9.17, 15) is 4.39 Å². The van der Waals surface area contributed by atoms with Gasteiger partial charge in [0.05, 0.1) is 7.11 Å². The van der Waals surface area contributed by atoms with Gasteiger partial charge in [-0.1, -0.05) is 17.6 Å². The third-order valence-corrected chi connectivity index (χ3v) is 4.61. The van der Waals surface area contributed by atoms with Crippen LogP contribution >= 0.6 is 11.5 Å². The van der Waals surface area contributed by atoms with Crippen molar-refractivity contribution in [1.29, 1.82) is 5.41 Å². The first kappa shape index (κ1) is 17.9. The molecule has 0 spiro atoms. The maximum atomic E-state index is 13.2. The Morgan fingerprint density at radius 1 is 1.15 bits per heavy atom. The normalized spacial score (nSPS) is 11.5. The summed E-state index contributed by atoms with van der Waals surface area (Å²) in [4.78, 5) is 5.68. The second-order valence-electron chi connectivity index (χ2n) is 5.77. The number of aromatic nitrogens is 1. The first-order valence-electron chi connectivity index (χ1n) is 7.97. The number of ether oxygens (including phenoxy) is 1. The first-order chi connectivity index (χ1) is 12.5. The topological polar surface area (TPSA) is 62.4 Å². The summed E-state index contributed by atoms with van der Waals surface area (Å²) in [6.07, 6.45) is 0.